The Morgan fingerprint density at radius 3 is 1.64 bits per heavy atom. The van der Waals surface area contributed by atoms with Gasteiger partial charge in [-0.1, -0.05) is 34.1 Å². The molecule has 0 fully saturated rings. The standard InChI is InChI=1S/C9H21P.HI/c1-5-8(4)9(10,6-2)7-3;/h8H,5-7,10H2,1-4H3;1H. The predicted molar refractivity (Wildman–Crippen MR) is 67.9 cm³/mol. The quantitative estimate of drug-likeness (QED) is 0.540. The topological polar surface area (TPSA) is 0 Å². The first-order valence-corrected chi connectivity index (χ1v) is 4.97. The van der Waals surface area contributed by atoms with Crippen LogP contribution < -0.4 is 0 Å². The highest BCUT2D eigenvalue weighted by atomic mass is 127. The van der Waals surface area contributed by atoms with E-state index in [1.807, 2.05) is 0 Å². The molecule has 0 radical (unpaired) electrons. The van der Waals surface area contributed by atoms with Crippen LogP contribution in [0.5, 0.6) is 0 Å². The van der Waals surface area contributed by atoms with Crippen LogP contribution in [0.25, 0.3) is 0 Å². The zero-order valence-electron chi connectivity index (χ0n) is 8.18. The smallest absolute Gasteiger partial charge is 0.0130 e. The van der Waals surface area contributed by atoms with E-state index in [1.54, 1.807) is 0 Å². The van der Waals surface area contributed by atoms with Crippen molar-refractivity contribution in [2.45, 2.75) is 52.1 Å². The molecule has 0 spiro atoms. The zero-order chi connectivity index (χ0) is 8.20. The summed E-state index contributed by atoms with van der Waals surface area (Å²) in [5.74, 6) is 0.840. The van der Waals surface area contributed by atoms with Crippen molar-refractivity contribution in [1.29, 1.82) is 0 Å². The fourth-order valence-corrected chi connectivity index (χ4v) is 1.59. The van der Waals surface area contributed by atoms with Gasteiger partial charge in [0, 0.05) is 0 Å². The Hall–Kier alpha value is 1.16. The van der Waals surface area contributed by atoms with Crippen LogP contribution in [0, 0.1) is 5.92 Å². The lowest BCUT2D eigenvalue weighted by Gasteiger charge is -2.32. The molecule has 11 heavy (non-hydrogen) atoms. The minimum Gasteiger partial charge on any atom is -0.131 e. The Labute approximate surface area is 91.1 Å². The third kappa shape index (κ3) is 4.07. The van der Waals surface area contributed by atoms with E-state index in [2.05, 4.69) is 36.9 Å². The van der Waals surface area contributed by atoms with Crippen molar-refractivity contribution >= 4 is 33.2 Å². The van der Waals surface area contributed by atoms with Gasteiger partial charge in [0.1, 0.15) is 0 Å². The number of hydrogen-bond donors (Lipinski definition) is 0. The summed E-state index contributed by atoms with van der Waals surface area (Å²) in [4.78, 5) is 0. The molecule has 0 nitrogen and oxygen atoms in total. The summed E-state index contributed by atoms with van der Waals surface area (Å²) in [6.45, 7) is 9.18. The lowest BCUT2D eigenvalue weighted by atomic mass is 9.86. The molecule has 70 valence electrons. The Kier molecular flexibility index (Phi) is 8.87. The van der Waals surface area contributed by atoms with Gasteiger partial charge in [-0.2, -0.15) is 0 Å². The van der Waals surface area contributed by atoms with Crippen LogP contribution >= 0.6 is 33.2 Å². The van der Waals surface area contributed by atoms with Crippen LogP contribution in [0.2, 0.25) is 0 Å². The first-order chi connectivity index (χ1) is 4.60. The second kappa shape index (κ2) is 6.65. The van der Waals surface area contributed by atoms with Crippen molar-refractivity contribution in [3.63, 3.8) is 0 Å². The summed E-state index contributed by atoms with van der Waals surface area (Å²) in [5.41, 5.74) is 0. The van der Waals surface area contributed by atoms with Gasteiger partial charge in [-0.25, -0.2) is 0 Å². The second-order valence-electron chi connectivity index (χ2n) is 3.25. The summed E-state index contributed by atoms with van der Waals surface area (Å²) in [5, 5.41) is 0.509. The SMILES string of the molecule is CCC(C)C(P)(CC)CC.I. The van der Waals surface area contributed by atoms with Crippen LogP contribution in [-0.4, -0.2) is 5.16 Å². The van der Waals surface area contributed by atoms with Crippen LogP contribution in [0.3, 0.4) is 0 Å². The lowest BCUT2D eigenvalue weighted by molar-refractivity contribution is 0.371. The molecule has 0 aliphatic carbocycles. The summed E-state index contributed by atoms with van der Waals surface area (Å²) in [6.07, 6.45) is 3.86. The van der Waals surface area contributed by atoms with E-state index < -0.39 is 0 Å². The molecule has 0 saturated heterocycles. The predicted octanol–water partition coefficient (Wildman–Crippen LogP) is 4.08. The van der Waals surface area contributed by atoms with Crippen molar-refractivity contribution in [2.24, 2.45) is 5.92 Å². The van der Waals surface area contributed by atoms with Crippen molar-refractivity contribution in [3.05, 3.63) is 0 Å². The van der Waals surface area contributed by atoms with Gasteiger partial charge in [0.2, 0.25) is 0 Å². The van der Waals surface area contributed by atoms with Gasteiger partial charge in [-0.3, -0.25) is 0 Å². The summed E-state index contributed by atoms with van der Waals surface area (Å²) < 4.78 is 0. The van der Waals surface area contributed by atoms with Crippen LogP contribution in [0.1, 0.15) is 47.0 Å². The minimum atomic E-state index is 0. The molecule has 2 heteroatoms. The monoisotopic (exact) mass is 288 g/mol. The maximum Gasteiger partial charge on any atom is -0.0130 e. The van der Waals surface area contributed by atoms with Gasteiger partial charge in [0.25, 0.3) is 0 Å². The molecule has 0 aromatic carbocycles. The Morgan fingerprint density at radius 1 is 1.18 bits per heavy atom. The molecule has 0 amide bonds. The summed E-state index contributed by atoms with van der Waals surface area (Å²) >= 11 is 0. The highest BCUT2D eigenvalue weighted by Gasteiger charge is 2.25. The van der Waals surface area contributed by atoms with Gasteiger partial charge in [-0.15, -0.1) is 33.2 Å². The Balaban J connectivity index is 0. The molecule has 0 aliphatic heterocycles. The van der Waals surface area contributed by atoms with E-state index in [4.69, 9.17) is 0 Å². The Bertz CT molecular complexity index is 89.6. The molecule has 2 unspecified atom stereocenters. The molecule has 0 aromatic rings. The maximum absolute atomic E-state index is 3.03. The summed E-state index contributed by atoms with van der Waals surface area (Å²) in [6, 6.07) is 0. The van der Waals surface area contributed by atoms with E-state index in [9.17, 15) is 0 Å². The first-order valence-electron chi connectivity index (χ1n) is 4.39. The third-order valence-corrected chi connectivity index (χ3v) is 4.30. The maximum atomic E-state index is 3.03. The second-order valence-corrected chi connectivity index (χ2v) is 4.40. The fourth-order valence-electron chi connectivity index (χ4n) is 1.35. The van der Waals surface area contributed by atoms with Gasteiger partial charge in [0.15, 0.2) is 0 Å². The van der Waals surface area contributed by atoms with Crippen molar-refractivity contribution < 1.29 is 0 Å². The Morgan fingerprint density at radius 2 is 1.55 bits per heavy atom. The molecule has 0 aromatic heterocycles. The van der Waals surface area contributed by atoms with Gasteiger partial charge >= 0.3 is 0 Å². The van der Waals surface area contributed by atoms with Crippen LogP contribution in [0.4, 0.5) is 0 Å². The molecule has 0 N–H and O–H groups in total. The highest BCUT2D eigenvalue weighted by molar-refractivity contribution is 14.0. The molecule has 0 aliphatic rings. The molecule has 0 rings (SSSR count). The summed E-state index contributed by atoms with van der Waals surface area (Å²) in [7, 11) is 3.03. The molecule has 0 saturated carbocycles. The van der Waals surface area contributed by atoms with Gasteiger partial charge in [-0.05, 0) is 23.9 Å². The minimum absolute atomic E-state index is 0. The first kappa shape index (κ1) is 14.7. The van der Waals surface area contributed by atoms with E-state index in [0.29, 0.717) is 5.16 Å². The van der Waals surface area contributed by atoms with E-state index in [-0.39, 0.29) is 24.0 Å². The molecule has 0 heterocycles. The molecule has 2 atom stereocenters. The van der Waals surface area contributed by atoms with Crippen LogP contribution in [-0.2, 0) is 0 Å². The van der Waals surface area contributed by atoms with E-state index in [1.165, 1.54) is 19.3 Å². The molecular weight excluding hydrogens is 266 g/mol. The number of rotatable bonds is 4. The van der Waals surface area contributed by atoms with Crippen molar-refractivity contribution in [1.82, 2.24) is 0 Å². The number of hydrogen-bond acceptors (Lipinski definition) is 0. The average Bonchev–Trinajstić information content (AvgIpc) is 2.01. The lowest BCUT2D eigenvalue weighted by Crippen LogP contribution is -2.27. The normalized spacial score (nSPS) is 13.9. The zero-order valence-corrected chi connectivity index (χ0v) is 11.7. The van der Waals surface area contributed by atoms with Gasteiger partial charge in [0.05, 0.1) is 0 Å². The van der Waals surface area contributed by atoms with E-state index >= 15 is 0 Å². The van der Waals surface area contributed by atoms with Crippen molar-refractivity contribution in [2.75, 3.05) is 0 Å². The fraction of sp³-hybridized carbons (Fsp3) is 1.00. The largest absolute Gasteiger partial charge is 0.131 e. The highest BCUT2D eigenvalue weighted by Crippen LogP contribution is 2.36. The molecule has 0 bridgehead atoms. The van der Waals surface area contributed by atoms with Crippen LogP contribution in [0.15, 0.2) is 0 Å². The van der Waals surface area contributed by atoms with E-state index in [0.717, 1.165) is 5.92 Å². The third-order valence-electron chi connectivity index (χ3n) is 2.91. The van der Waals surface area contributed by atoms with Gasteiger partial charge < -0.3 is 0 Å². The van der Waals surface area contributed by atoms with Crippen molar-refractivity contribution in [3.8, 4) is 0 Å². The average molecular weight is 288 g/mol. The number of halogens is 1. The molecular formula is C9H22IP.